The van der Waals surface area contributed by atoms with Crippen LogP contribution in [0.4, 0.5) is 14.5 Å². The number of benzene rings is 2. The van der Waals surface area contributed by atoms with Crippen LogP contribution in [0.25, 0.3) is 10.4 Å². The minimum atomic E-state index is -0.620. The largest absolute Gasteiger partial charge is 0.452 e. The lowest BCUT2D eigenvalue weighted by Gasteiger charge is -2.38. The summed E-state index contributed by atoms with van der Waals surface area (Å²) in [4.78, 5) is 29.1. The maximum Gasteiger partial charge on any atom is 0.303 e. The van der Waals surface area contributed by atoms with Gasteiger partial charge in [0.1, 0.15) is 16.6 Å². The number of esters is 1. The zero-order valence-corrected chi connectivity index (χ0v) is 17.6. The monoisotopic (exact) mass is 442 g/mol. The van der Waals surface area contributed by atoms with Crippen molar-refractivity contribution < 1.29 is 23.1 Å². The van der Waals surface area contributed by atoms with Crippen LogP contribution in [0.2, 0.25) is 0 Å². The van der Waals surface area contributed by atoms with Crippen LogP contribution in [0.5, 0.6) is 0 Å². The van der Waals surface area contributed by atoms with Gasteiger partial charge in [0.2, 0.25) is 5.91 Å². The Bertz CT molecular complexity index is 1120. The minimum absolute atomic E-state index is 0.00372. The number of amides is 1. The van der Waals surface area contributed by atoms with E-state index in [1.54, 1.807) is 18.3 Å². The SMILES string of the molecule is CC(=O)OC1(c2ncc(-c3ccc(NC(=O)Cc4cc(F)ccc4F)cc3)s2)CCC1. The number of hydrogen-bond acceptors (Lipinski definition) is 5. The first-order chi connectivity index (χ1) is 14.8. The van der Waals surface area contributed by atoms with Gasteiger partial charge in [-0.1, -0.05) is 12.1 Å². The van der Waals surface area contributed by atoms with E-state index in [0.717, 1.165) is 52.9 Å². The molecule has 31 heavy (non-hydrogen) atoms. The molecule has 4 rings (SSSR count). The van der Waals surface area contributed by atoms with E-state index in [-0.39, 0.29) is 18.0 Å². The van der Waals surface area contributed by atoms with Gasteiger partial charge in [-0.15, -0.1) is 11.3 Å². The molecule has 1 aliphatic rings. The summed E-state index contributed by atoms with van der Waals surface area (Å²) in [7, 11) is 0. The predicted octanol–water partition coefficient (Wildman–Crippen LogP) is 5.21. The fourth-order valence-electron chi connectivity index (χ4n) is 3.53. The Kier molecular flexibility index (Phi) is 5.82. The highest BCUT2D eigenvalue weighted by atomic mass is 32.1. The molecule has 1 heterocycles. The molecular weight excluding hydrogens is 422 g/mol. The van der Waals surface area contributed by atoms with Crippen LogP contribution in [0.15, 0.2) is 48.7 Å². The van der Waals surface area contributed by atoms with E-state index in [2.05, 4.69) is 10.3 Å². The Labute approximate surface area is 182 Å². The molecule has 5 nitrogen and oxygen atoms in total. The lowest BCUT2D eigenvalue weighted by atomic mass is 9.80. The number of nitrogens with zero attached hydrogens (tertiary/aromatic N) is 1. The molecule has 1 aliphatic carbocycles. The van der Waals surface area contributed by atoms with Crippen molar-refractivity contribution in [1.29, 1.82) is 0 Å². The Morgan fingerprint density at radius 2 is 1.90 bits per heavy atom. The van der Waals surface area contributed by atoms with Crippen LogP contribution in [-0.4, -0.2) is 16.9 Å². The molecule has 1 saturated carbocycles. The summed E-state index contributed by atoms with van der Waals surface area (Å²) in [6.45, 7) is 1.41. The van der Waals surface area contributed by atoms with Gasteiger partial charge in [-0.2, -0.15) is 0 Å². The van der Waals surface area contributed by atoms with Gasteiger partial charge in [0, 0.05) is 24.4 Å². The topological polar surface area (TPSA) is 68.3 Å². The van der Waals surface area contributed by atoms with E-state index in [1.807, 2.05) is 12.1 Å². The van der Waals surface area contributed by atoms with E-state index in [0.29, 0.717) is 5.69 Å². The van der Waals surface area contributed by atoms with Crippen molar-refractivity contribution >= 4 is 28.9 Å². The van der Waals surface area contributed by atoms with Gasteiger partial charge in [0.15, 0.2) is 5.60 Å². The summed E-state index contributed by atoms with van der Waals surface area (Å²) in [5, 5.41) is 3.48. The molecule has 3 aromatic rings. The quantitative estimate of drug-likeness (QED) is 0.532. The van der Waals surface area contributed by atoms with E-state index in [4.69, 9.17) is 4.74 Å². The summed E-state index contributed by atoms with van der Waals surface area (Å²) < 4.78 is 32.5. The number of aromatic nitrogens is 1. The summed E-state index contributed by atoms with van der Waals surface area (Å²) in [5.41, 5.74) is 0.861. The summed E-state index contributed by atoms with van der Waals surface area (Å²) in [6.07, 6.45) is 4.04. The highest BCUT2D eigenvalue weighted by Crippen LogP contribution is 2.47. The number of anilines is 1. The second-order valence-corrected chi connectivity index (χ2v) is 8.54. The zero-order valence-electron chi connectivity index (χ0n) is 16.8. The molecule has 160 valence electrons. The normalized spacial score (nSPS) is 14.5. The van der Waals surface area contributed by atoms with Crippen LogP contribution < -0.4 is 5.32 Å². The Morgan fingerprint density at radius 1 is 1.16 bits per heavy atom. The molecular formula is C23H20F2N2O3S. The van der Waals surface area contributed by atoms with Crippen molar-refractivity contribution in [3.05, 3.63) is 70.9 Å². The molecule has 1 aromatic heterocycles. The van der Waals surface area contributed by atoms with Crippen molar-refractivity contribution in [3.63, 3.8) is 0 Å². The number of halogens is 2. The lowest BCUT2D eigenvalue weighted by Crippen LogP contribution is -2.38. The minimum Gasteiger partial charge on any atom is -0.452 e. The van der Waals surface area contributed by atoms with Gasteiger partial charge in [0.25, 0.3) is 0 Å². The molecule has 2 aromatic carbocycles. The third kappa shape index (κ3) is 4.64. The van der Waals surface area contributed by atoms with Crippen LogP contribution in [0, 0.1) is 11.6 Å². The fraction of sp³-hybridized carbons (Fsp3) is 0.261. The van der Waals surface area contributed by atoms with Crippen molar-refractivity contribution in [1.82, 2.24) is 4.98 Å². The third-order valence-electron chi connectivity index (χ3n) is 5.21. The molecule has 0 bridgehead atoms. The van der Waals surface area contributed by atoms with Gasteiger partial charge >= 0.3 is 5.97 Å². The molecule has 0 saturated heterocycles. The van der Waals surface area contributed by atoms with Crippen LogP contribution >= 0.6 is 11.3 Å². The standard InChI is InChI=1S/C23H20F2N2O3S/c1-14(28)30-23(9-2-10-23)22-26-13-20(31-22)15-3-6-18(7-4-15)27-21(29)12-16-11-17(24)5-8-19(16)25/h3-8,11,13H,2,9-10,12H2,1H3,(H,27,29). The molecule has 0 unspecified atom stereocenters. The number of rotatable bonds is 6. The zero-order chi connectivity index (χ0) is 22.0. The number of carbonyl (C=O) groups excluding carboxylic acids is 2. The van der Waals surface area contributed by atoms with Crippen molar-refractivity contribution in [3.8, 4) is 10.4 Å². The van der Waals surface area contributed by atoms with Gasteiger partial charge in [-0.3, -0.25) is 9.59 Å². The number of nitrogens with one attached hydrogen (secondary N) is 1. The second kappa shape index (κ2) is 8.55. The first-order valence-corrected chi connectivity index (χ1v) is 10.7. The highest BCUT2D eigenvalue weighted by molar-refractivity contribution is 7.15. The maximum absolute atomic E-state index is 13.7. The fourth-order valence-corrected chi connectivity index (χ4v) is 4.63. The molecule has 1 fully saturated rings. The van der Waals surface area contributed by atoms with E-state index in [9.17, 15) is 18.4 Å². The summed E-state index contributed by atoms with van der Waals surface area (Å²) >= 11 is 1.48. The average molecular weight is 442 g/mol. The number of ether oxygens (including phenoxy) is 1. The van der Waals surface area contributed by atoms with E-state index in [1.165, 1.54) is 18.3 Å². The maximum atomic E-state index is 13.7. The Morgan fingerprint density at radius 3 is 2.55 bits per heavy atom. The number of thiazole rings is 1. The molecule has 8 heteroatoms. The van der Waals surface area contributed by atoms with E-state index < -0.39 is 23.1 Å². The van der Waals surface area contributed by atoms with Gasteiger partial charge in [0.05, 0.1) is 11.3 Å². The Balaban J connectivity index is 1.43. The molecule has 0 atom stereocenters. The van der Waals surface area contributed by atoms with Gasteiger partial charge in [-0.25, -0.2) is 13.8 Å². The van der Waals surface area contributed by atoms with Crippen molar-refractivity contribution in [2.45, 2.75) is 38.2 Å². The first kappa shape index (κ1) is 21.1. The Hall–Kier alpha value is -3.13. The number of carbonyl (C=O) groups is 2. The molecule has 0 spiro atoms. The van der Waals surface area contributed by atoms with Gasteiger partial charge < -0.3 is 10.1 Å². The highest BCUT2D eigenvalue weighted by Gasteiger charge is 2.44. The number of hydrogen-bond donors (Lipinski definition) is 1. The molecule has 1 amide bonds. The van der Waals surface area contributed by atoms with E-state index >= 15 is 0 Å². The summed E-state index contributed by atoms with van der Waals surface area (Å²) in [5.74, 6) is -1.96. The van der Waals surface area contributed by atoms with Gasteiger partial charge in [-0.05, 0) is 55.2 Å². The smallest absolute Gasteiger partial charge is 0.303 e. The second-order valence-electron chi connectivity index (χ2n) is 7.51. The van der Waals surface area contributed by atoms with Crippen LogP contribution in [0.3, 0.4) is 0 Å². The predicted molar refractivity (Wildman–Crippen MR) is 114 cm³/mol. The van der Waals surface area contributed by atoms with Crippen molar-refractivity contribution in [2.75, 3.05) is 5.32 Å². The average Bonchev–Trinajstić information content (AvgIpc) is 3.18. The van der Waals surface area contributed by atoms with Crippen LogP contribution in [-0.2, 0) is 26.3 Å². The third-order valence-corrected chi connectivity index (χ3v) is 6.44. The molecule has 0 radical (unpaired) electrons. The molecule has 1 N–H and O–H groups in total. The van der Waals surface area contributed by atoms with Crippen molar-refractivity contribution in [2.24, 2.45) is 0 Å². The summed E-state index contributed by atoms with van der Waals surface area (Å²) in [6, 6.07) is 10.2. The molecule has 0 aliphatic heterocycles. The first-order valence-electron chi connectivity index (χ1n) is 9.85. The lowest BCUT2D eigenvalue weighted by molar-refractivity contribution is -0.168. The van der Waals surface area contributed by atoms with Crippen LogP contribution in [0.1, 0.15) is 36.8 Å².